The Hall–Kier alpha value is -0.670. The van der Waals surface area contributed by atoms with Crippen molar-refractivity contribution in [2.75, 3.05) is 13.6 Å². The number of benzene rings is 1. The molecule has 0 amide bonds. The van der Waals surface area contributed by atoms with Crippen LogP contribution in [0, 0.1) is 5.92 Å². The van der Waals surface area contributed by atoms with Crippen molar-refractivity contribution in [3.8, 4) is 5.75 Å². The highest BCUT2D eigenvalue weighted by molar-refractivity contribution is 7.97. The Balaban J connectivity index is 1.81. The first-order valence-corrected chi connectivity index (χ1v) is 6.69. The lowest BCUT2D eigenvalue weighted by Gasteiger charge is -2.19. The standard InChI is InChI=1S/C13H19NOS/c1-14(10-11-4-2-3-5-11)16-13-8-6-12(15)7-9-13/h6-9,11,15H,2-5,10H2,1H3. The van der Waals surface area contributed by atoms with Crippen LogP contribution in [0.3, 0.4) is 0 Å². The zero-order valence-corrected chi connectivity index (χ0v) is 10.5. The highest BCUT2D eigenvalue weighted by atomic mass is 32.2. The van der Waals surface area contributed by atoms with Crippen LogP contribution in [0.1, 0.15) is 25.7 Å². The lowest BCUT2D eigenvalue weighted by atomic mass is 10.1. The first-order chi connectivity index (χ1) is 7.74. The Morgan fingerprint density at radius 3 is 2.50 bits per heavy atom. The first-order valence-electron chi connectivity index (χ1n) is 5.92. The van der Waals surface area contributed by atoms with Crippen LogP contribution in [0.4, 0.5) is 0 Å². The van der Waals surface area contributed by atoms with Gasteiger partial charge in [-0.05, 0) is 62.0 Å². The first kappa shape index (κ1) is 11.8. The van der Waals surface area contributed by atoms with E-state index < -0.39 is 0 Å². The summed E-state index contributed by atoms with van der Waals surface area (Å²) in [4.78, 5) is 1.19. The van der Waals surface area contributed by atoms with Crippen molar-refractivity contribution in [1.82, 2.24) is 4.31 Å². The number of nitrogens with zero attached hydrogens (tertiary/aromatic N) is 1. The maximum absolute atomic E-state index is 9.20. The van der Waals surface area contributed by atoms with Gasteiger partial charge in [0.25, 0.3) is 0 Å². The van der Waals surface area contributed by atoms with Crippen molar-refractivity contribution in [2.45, 2.75) is 30.6 Å². The van der Waals surface area contributed by atoms with Crippen LogP contribution in [0.2, 0.25) is 0 Å². The Morgan fingerprint density at radius 2 is 1.88 bits per heavy atom. The molecular formula is C13H19NOS. The smallest absolute Gasteiger partial charge is 0.115 e. The molecule has 1 saturated carbocycles. The maximum atomic E-state index is 9.20. The van der Waals surface area contributed by atoms with E-state index in [-0.39, 0.29) is 0 Å². The number of aromatic hydroxyl groups is 1. The van der Waals surface area contributed by atoms with Gasteiger partial charge >= 0.3 is 0 Å². The second-order valence-corrected chi connectivity index (χ2v) is 5.82. The fraction of sp³-hybridized carbons (Fsp3) is 0.538. The van der Waals surface area contributed by atoms with Crippen LogP contribution >= 0.6 is 11.9 Å². The average Bonchev–Trinajstić information content (AvgIpc) is 2.74. The monoisotopic (exact) mass is 237 g/mol. The predicted octanol–water partition coefficient (Wildman–Crippen LogP) is 3.52. The van der Waals surface area contributed by atoms with E-state index in [1.54, 1.807) is 24.1 Å². The molecule has 0 spiro atoms. The third-order valence-electron chi connectivity index (χ3n) is 3.09. The molecule has 0 aliphatic heterocycles. The highest BCUT2D eigenvalue weighted by Crippen LogP contribution is 2.29. The fourth-order valence-electron chi connectivity index (χ4n) is 2.28. The zero-order valence-electron chi connectivity index (χ0n) is 9.72. The van der Waals surface area contributed by atoms with E-state index >= 15 is 0 Å². The van der Waals surface area contributed by atoms with Gasteiger partial charge in [-0.15, -0.1) is 0 Å². The van der Waals surface area contributed by atoms with Crippen LogP contribution in [-0.2, 0) is 0 Å². The number of rotatable bonds is 4. The summed E-state index contributed by atoms with van der Waals surface area (Å²) in [5, 5.41) is 9.20. The van der Waals surface area contributed by atoms with Crippen molar-refractivity contribution in [2.24, 2.45) is 5.92 Å². The molecule has 0 atom stereocenters. The van der Waals surface area contributed by atoms with Crippen molar-refractivity contribution in [3.05, 3.63) is 24.3 Å². The zero-order chi connectivity index (χ0) is 11.4. The van der Waals surface area contributed by atoms with Crippen LogP contribution in [0.5, 0.6) is 5.75 Å². The van der Waals surface area contributed by atoms with Gasteiger partial charge in [0, 0.05) is 11.4 Å². The largest absolute Gasteiger partial charge is 0.508 e. The molecule has 1 aliphatic rings. The predicted molar refractivity (Wildman–Crippen MR) is 68.6 cm³/mol. The molecule has 16 heavy (non-hydrogen) atoms. The maximum Gasteiger partial charge on any atom is 0.115 e. The lowest BCUT2D eigenvalue weighted by Crippen LogP contribution is -2.17. The third-order valence-corrected chi connectivity index (χ3v) is 4.03. The van der Waals surface area contributed by atoms with E-state index in [0.717, 1.165) is 5.92 Å². The SMILES string of the molecule is CN(CC1CCCC1)Sc1ccc(O)cc1. The van der Waals surface area contributed by atoms with Gasteiger partial charge in [-0.1, -0.05) is 12.8 Å². The molecule has 2 nitrogen and oxygen atoms in total. The van der Waals surface area contributed by atoms with E-state index in [4.69, 9.17) is 0 Å². The summed E-state index contributed by atoms with van der Waals surface area (Å²) in [5.41, 5.74) is 0. The van der Waals surface area contributed by atoms with Crippen LogP contribution in [0.15, 0.2) is 29.2 Å². The molecule has 0 unspecified atom stereocenters. The molecule has 1 aromatic rings. The number of phenolic OH excluding ortho intramolecular Hbond substituents is 1. The Bertz CT molecular complexity index is 319. The molecule has 0 aromatic heterocycles. The Labute approximate surface area is 102 Å². The van der Waals surface area contributed by atoms with Gasteiger partial charge in [-0.2, -0.15) is 0 Å². The molecule has 3 heteroatoms. The van der Waals surface area contributed by atoms with E-state index in [1.807, 2.05) is 12.1 Å². The van der Waals surface area contributed by atoms with Gasteiger partial charge < -0.3 is 5.11 Å². The second kappa shape index (κ2) is 5.60. The van der Waals surface area contributed by atoms with Crippen molar-refractivity contribution in [3.63, 3.8) is 0 Å². The van der Waals surface area contributed by atoms with Gasteiger partial charge in [0.2, 0.25) is 0 Å². The second-order valence-electron chi connectivity index (χ2n) is 4.55. The van der Waals surface area contributed by atoms with Crippen molar-refractivity contribution in [1.29, 1.82) is 0 Å². The third kappa shape index (κ3) is 3.42. The molecule has 0 bridgehead atoms. The van der Waals surface area contributed by atoms with Gasteiger partial charge in [0.15, 0.2) is 0 Å². The molecule has 1 aliphatic carbocycles. The number of hydrogen-bond acceptors (Lipinski definition) is 3. The summed E-state index contributed by atoms with van der Waals surface area (Å²) < 4.78 is 2.31. The summed E-state index contributed by atoms with van der Waals surface area (Å²) in [6.07, 6.45) is 5.59. The van der Waals surface area contributed by atoms with Gasteiger partial charge in [0.05, 0.1) is 0 Å². The highest BCUT2D eigenvalue weighted by Gasteiger charge is 2.17. The summed E-state index contributed by atoms with van der Waals surface area (Å²) in [6, 6.07) is 7.41. The molecule has 0 radical (unpaired) electrons. The van der Waals surface area contributed by atoms with Crippen LogP contribution in [0.25, 0.3) is 0 Å². The summed E-state index contributed by atoms with van der Waals surface area (Å²) in [6.45, 7) is 1.17. The fourth-order valence-corrected chi connectivity index (χ4v) is 3.18. The van der Waals surface area contributed by atoms with E-state index in [9.17, 15) is 5.11 Å². The lowest BCUT2D eigenvalue weighted by molar-refractivity contribution is 0.421. The van der Waals surface area contributed by atoms with E-state index in [0.29, 0.717) is 5.75 Å². The van der Waals surface area contributed by atoms with Crippen LogP contribution < -0.4 is 0 Å². The normalized spacial score (nSPS) is 17.1. The molecule has 0 saturated heterocycles. The topological polar surface area (TPSA) is 23.5 Å². The van der Waals surface area contributed by atoms with Gasteiger partial charge in [-0.25, -0.2) is 4.31 Å². The number of phenols is 1. The summed E-state index contributed by atoms with van der Waals surface area (Å²) in [7, 11) is 2.15. The average molecular weight is 237 g/mol. The molecular weight excluding hydrogens is 218 g/mol. The Morgan fingerprint density at radius 1 is 1.25 bits per heavy atom. The minimum absolute atomic E-state index is 0.336. The molecule has 1 aromatic carbocycles. The minimum atomic E-state index is 0.336. The van der Waals surface area contributed by atoms with Crippen molar-refractivity contribution >= 4 is 11.9 Å². The van der Waals surface area contributed by atoms with E-state index in [2.05, 4.69) is 11.4 Å². The molecule has 0 heterocycles. The van der Waals surface area contributed by atoms with Gasteiger partial charge in [0.1, 0.15) is 5.75 Å². The van der Waals surface area contributed by atoms with Gasteiger partial charge in [-0.3, -0.25) is 0 Å². The molecule has 88 valence electrons. The summed E-state index contributed by atoms with van der Waals surface area (Å²) in [5.74, 6) is 1.22. The van der Waals surface area contributed by atoms with Crippen LogP contribution in [-0.4, -0.2) is 23.0 Å². The Kier molecular flexibility index (Phi) is 4.13. The quantitative estimate of drug-likeness (QED) is 0.810. The van der Waals surface area contributed by atoms with Crippen molar-refractivity contribution < 1.29 is 5.11 Å². The number of hydrogen-bond donors (Lipinski definition) is 1. The summed E-state index contributed by atoms with van der Waals surface area (Å²) >= 11 is 1.76. The molecule has 2 rings (SSSR count). The molecule has 1 N–H and O–H groups in total. The molecule has 1 fully saturated rings. The minimum Gasteiger partial charge on any atom is -0.508 e. The van der Waals surface area contributed by atoms with E-state index in [1.165, 1.54) is 37.1 Å².